The number of nitrogens with one attached hydrogen (secondary N) is 1. The zero-order valence-corrected chi connectivity index (χ0v) is 15.0. The van der Waals surface area contributed by atoms with Crippen LogP contribution in [0.2, 0.25) is 0 Å². The van der Waals surface area contributed by atoms with Crippen LogP contribution in [0.1, 0.15) is 38.6 Å². The Morgan fingerprint density at radius 3 is 2.48 bits per heavy atom. The quantitative estimate of drug-likeness (QED) is 0.804. The summed E-state index contributed by atoms with van der Waals surface area (Å²) in [6, 6.07) is 9.46. The van der Waals surface area contributed by atoms with Gasteiger partial charge < -0.3 is 14.8 Å². The fraction of sp³-hybridized carbons (Fsp3) is 0.421. The summed E-state index contributed by atoms with van der Waals surface area (Å²) in [4.78, 5) is 27.9. The number of carbonyl (C=O) groups is 2. The van der Waals surface area contributed by atoms with Gasteiger partial charge in [0, 0.05) is 11.1 Å². The Hall–Kier alpha value is -2.63. The predicted molar refractivity (Wildman–Crippen MR) is 94.0 cm³/mol. The van der Waals surface area contributed by atoms with Gasteiger partial charge in [-0.1, -0.05) is 32.0 Å². The molecule has 0 radical (unpaired) electrons. The van der Waals surface area contributed by atoms with Crippen LogP contribution < -0.4 is 5.32 Å². The molecule has 0 fully saturated rings. The van der Waals surface area contributed by atoms with Crippen molar-refractivity contribution in [1.29, 1.82) is 0 Å². The highest BCUT2D eigenvalue weighted by Gasteiger charge is 2.33. The van der Waals surface area contributed by atoms with Gasteiger partial charge in [0.05, 0.1) is 18.5 Å². The molecule has 0 aliphatic rings. The Bertz CT molecular complexity index is 752. The van der Waals surface area contributed by atoms with Gasteiger partial charge in [-0.05, 0) is 31.9 Å². The Morgan fingerprint density at radius 1 is 1.28 bits per heavy atom. The number of nitrogens with zero attached hydrogens (tertiary/aromatic N) is 1. The fourth-order valence-electron chi connectivity index (χ4n) is 2.52. The standard InChI is InChI=1S/C19H24N2O4/c1-12(2)19(4,11-17(23)24)21-16(22)10-15-13(3)25-18(20-15)14-8-6-5-7-9-14/h5-9,12H,10-11H2,1-4H3,(H,21,22)(H,23,24). The first-order chi connectivity index (χ1) is 11.7. The topological polar surface area (TPSA) is 92.4 Å². The van der Waals surface area contributed by atoms with Crippen molar-refractivity contribution in [2.45, 2.75) is 46.1 Å². The number of benzene rings is 1. The van der Waals surface area contributed by atoms with Crippen LogP contribution in [0.5, 0.6) is 0 Å². The number of carboxylic acids is 1. The Labute approximate surface area is 147 Å². The van der Waals surface area contributed by atoms with Crippen molar-refractivity contribution >= 4 is 11.9 Å². The summed E-state index contributed by atoms with van der Waals surface area (Å²) < 4.78 is 5.66. The van der Waals surface area contributed by atoms with Crippen LogP contribution in [0.25, 0.3) is 11.5 Å². The normalized spacial score (nSPS) is 13.5. The first-order valence-corrected chi connectivity index (χ1v) is 8.26. The first-order valence-electron chi connectivity index (χ1n) is 8.26. The SMILES string of the molecule is Cc1oc(-c2ccccc2)nc1CC(=O)NC(C)(CC(=O)O)C(C)C. The van der Waals surface area contributed by atoms with Gasteiger partial charge in [-0.25, -0.2) is 4.98 Å². The fourth-order valence-corrected chi connectivity index (χ4v) is 2.52. The van der Waals surface area contributed by atoms with Crippen molar-refractivity contribution in [2.24, 2.45) is 5.92 Å². The van der Waals surface area contributed by atoms with E-state index in [1.54, 1.807) is 13.8 Å². The molecule has 6 nitrogen and oxygen atoms in total. The molecule has 0 spiro atoms. The Kier molecular flexibility index (Phi) is 5.62. The zero-order chi connectivity index (χ0) is 18.6. The molecule has 0 saturated carbocycles. The second-order valence-electron chi connectivity index (χ2n) is 6.76. The molecule has 0 bridgehead atoms. The molecule has 1 atom stereocenters. The summed E-state index contributed by atoms with van der Waals surface area (Å²) in [6.45, 7) is 7.28. The highest BCUT2D eigenvalue weighted by molar-refractivity contribution is 5.80. The van der Waals surface area contributed by atoms with Crippen molar-refractivity contribution in [3.05, 3.63) is 41.8 Å². The van der Waals surface area contributed by atoms with Crippen molar-refractivity contribution in [2.75, 3.05) is 0 Å². The molecule has 134 valence electrons. The lowest BCUT2D eigenvalue weighted by Crippen LogP contribution is -2.51. The minimum absolute atomic E-state index is 0.0224. The number of hydrogen-bond donors (Lipinski definition) is 2. The number of oxazole rings is 1. The van der Waals surface area contributed by atoms with Crippen LogP contribution in [0.3, 0.4) is 0 Å². The number of aromatic nitrogens is 1. The molecule has 1 unspecified atom stereocenters. The van der Waals surface area contributed by atoms with Crippen molar-refractivity contribution in [1.82, 2.24) is 10.3 Å². The highest BCUT2D eigenvalue weighted by atomic mass is 16.4. The minimum atomic E-state index is -0.944. The molecule has 1 aromatic heterocycles. The lowest BCUT2D eigenvalue weighted by molar-refractivity contribution is -0.139. The van der Waals surface area contributed by atoms with Gasteiger partial charge >= 0.3 is 5.97 Å². The van der Waals surface area contributed by atoms with Gasteiger partial charge in [-0.2, -0.15) is 0 Å². The molecule has 0 aliphatic heterocycles. The van der Waals surface area contributed by atoms with E-state index in [2.05, 4.69) is 10.3 Å². The van der Waals surface area contributed by atoms with Crippen LogP contribution in [0.4, 0.5) is 0 Å². The zero-order valence-electron chi connectivity index (χ0n) is 15.0. The van der Waals surface area contributed by atoms with E-state index in [-0.39, 0.29) is 24.7 Å². The molecule has 2 N–H and O–H groups in total. The van der Waals surface area contributed by atoms with E-state index < -0.39 is 11.5 Å². The maximum absolute atomic E-state index is 12.4. The van der Waals surface area contributed by atoms with E-state index in [1.807, 2.05) is 44.2 Å². The maximum atomic E-state index is 12.4. The second kappa shape index (κ2) is 7.51. The van der Waals surface area contributed by atoms with Gasteiger partial charge in [0.2, 0.25) is 11.8 Å². The van der Waals surface area contributed by atoms with E-state index in [1.165, 1.54) is 0 Å². The van der Waals surface area contributed by atoms with E-state index in [0.717, 1.165) is 5.56 Å². The molecular weight excluding hydrogens is 320 g/mol. The largest absolute Gasteiger partial charge is 0.481 e. The van der Waals surface area contributed by atoms with Gasteiger partial charge in [-0.3, -0.25) is 9.59 Å². The van der Waals surface area contributed by atoms with Crippen LogP contribution in [-0.2, 0) is 16.0 Å². The number of aryl methyl sites for hydroxylation is 1. The molecular formula is C19H24N2O4. The summed E-state index contributed by atoms with van der Waals surface area (Å²) in [5.41, 5.74) is 0.580. The van der Waals surface area contributed by atoms with E-state index in [4.69, 9.17) is 9.52 Å². The number of amides is 1. The molecule has 0 saturated heterocycles. The van der Waals surface area contributed by atoms with E-state index in [0.29, 0.717) is 17.3 Å². The number of rotatable bonds is 7. The third-order valence-electron chi connectivity index (χ3n) is 4.46. The average molecular weight is 344 g/mol. The third kappa shape index (κ3) is 4.68. The Morgan fingerprint density at radius 2 is 1.92 bits per heavy atom. The van der Waals surface area contributed by atoms with Crippen molar-refractivity contribution in [3.8, 4) is 11.5 Å². The summed E-state index contributed by atoms with van der Waals surface area (Å²) in [6.07, 6.45) is -0.0897. The third-order valence-corrected chi connectivity index (χ3v) is 4.46. The Balaban J connectivity index is 2.13. The average Bonchev–Trinajstić information content (AvgIpc) is 2.88. The number of hydrogen-bond acceptors (Lipinski definition) is 4. The molecule has 1 amide bonds. The molecule has 2 aromatic rings. The molecule has 25 heavy (non-hydrogen) atoms. The second-order valence-corrected chi connectivity index (χ2v) is 6.76. The lowest BCUT2D eigenvalue weighted by Gasteiger charge is -2.33. The molecule has 1 aromatic carbocycles. The summed E-state index contributed by atoms with van der Waals surface area (Å²) in [5.74, 6) is -0.184. The van der Waals surface area contributed by atoms with Crippen molar-refractivity contribution < 1.29 is 19.1 Å². The number of carboxylic acid groups (broad SMARTS) is 1. The maximum Gasteiger partial charge on any atom is 0.305 e. The van der Waals surface area contributed by atoms with Crippen LogP contribution >= 0.6 is 0 Å². The van der Waals surface area contributed by atoms with E-state index >= 15 is 0 Å². The van der Waals surface area contributed by atoms with Gasteiger partial charge in [0.1, 0.15) is 5.76 Å². The van der Waals surface area contributed by atoms with Gasteiger partial charge in [0.25, 0.3) is 0 Å². The first kappa shape index (κ1) is 18.7. The van der Waals surface area contributed by atoms with Crippen LogP contribution in [0.15, 0.2) is 34.7 Å². The highest BCUT2D eigenvalue weighted by Crippen LogP contribution is 2.23. The molecule has 0 aliphatic carbocycles. The van der Waals surface area contributed by atoms with Crippen molar-refractivity contribution in [3.63, 3.8) is 0 Å². The summed E-state index contributed by atoms with van der Waals surface area (Å²) in [5, 5.41) is 11.9. The van der Waals surface area contributed by atoms with Crippen LogP contribution in [-0.4, -0.2) is 27.5 Å². The monoisotopic (exact) mass is 344 g/mol. The lowest BCUT2D eigenvalue weighted by atomic mass is 9.85. The predicted octanol–water partition coefficient (Wildman–Crippen LogP) is 3.20. The van der Waals surface area contributed by atoms with Gasteiger partial charge in [0.15, 0.2) is 0 Å². The molecule has 2 rings (SSSR count). The number of carbonyl (C=O) groups excluding carboxylic acids is 1. The van der Waals surface area contributed by atoms with E-state index in [9.17, 15) is 9.59 Å². The van der Waals surface area contributed by atoms with Crippen LogP contribution in [0, 0.1) is 12.8 Å². The van der Waals surface area contributed by atoms with Gasteiger partial charge in [-0.15, -0.1) is 0 Å². The summed E-state index contributed by atoms with van der Waals surface area (Å²) >= 11 is 0. The molecule has 1 heterocycles. The minimum Gasteiger partial charge on any atom is -0.481 e. The number of aliphatic carboxylic acids is 1. The molecule has 6 heteroatoms. The smallest absolute Gasteiger partial charge is 0.305 e. The summed E-state index contributed by atoms with van der Waals surface area (Å²) in [7, 11) is 0.